The molecule has 0 spiro atoms. The molecule has 1 rings (SSSR count). The Morgan fingerprint density at radius 2 is 2.21 bits per heavy atom. The first-order valence-corrected chi connectivity index (χ1v) is 4.60. The summed E-state index contributed by atoms with van der Waals surface area (Å²) in [5, 5.41) is 0.540. The smallest absolute Gasteiger partial charge is 0.138 e. The van der Waals surface area contributed by atoms with E-state index in [2.05, 4.69) is 12.7 Å². The van der Waals surface area contributed by atoms with Gasteiger partial charge < -0.3 is 9.47 Å². The van der Waals surface area contributed by atoms with E-state index >= 15 is 0 Å². The molecule has 0 saturated heterocycles. The lowest BCUT2D eigenvalue weighted by atomic mass is 10.2. The molecule has 0 N–H and O–H groups in total. The molecule has 0 aromatic heterocycles. The molecule has 0 aliphatic heterocycles. The first kappa shape index (κ1) is 11.1. The van der Waals surface area contributed by atoms with Crippen molar-refractivity contribution in [3.63, 3.8) is 0 Å². The van der Waals surface area contributed by atoms with E-state index in [1.54, 1.807) is 13.2 Å². The third-order valence-corrected chi connectivity index (χ3v) is 2.09. The van der Waals surface area contributed by atoms with Crippen LogP contribution in [0.4, 0.5) is 0 Å². The second-order valence-corrected chi connectivity index (χ2v) is 3.01. The molecule has 0 bridgehead atoms. The lowest BCUT2D eigenvalue weighted by Crippen LogP contribution is -2.04. The van der Waals surface area contributed by atoms with Gasteiger partial charge in [0.05, 0.1) is 11.6 Å². The Bertz CT molecular complexity index is 310. The molecule has 0 saturated carbocycles. The Kier molecular flexibility index (Phi) is 4.50. The maximum atomic E-state index is 6.02. The maximum Gasteiger partial charge on any atom is 0.138 e. The molecule has 2 nitrogen and oxygen atoms in total. The van der Waals surface area contributed by atoms with Crippen LogP contribution in [0.1, 0.15) is 5.56 Å². The Morgan fingerprint density at radius 1 is 1.43 bits per heavy atom. The van der Waals surface area contributed by atoms with E-state index in [1.807, 2.05) is 12.1 Å². The standard InChI is InChI=1S/C11H12ClO2/c1-3-9-5-4-6-10(11(9)12)14-8-7-13-2/h4-6H,1,7-8H2,2H3. The van der Waals surface area contributed by atoms with Gasteiger partial charge in [0.1, 0.15) is 12.4 Å². The molecule has 0 aliphatic carbocycles. The summed E-state index contributed by atoms with van der Waals surface area (Å²) in [6, 6.07) is 5.48. The van der Waals surface area contributed by atoms with Crippen LogP contribution in [0.2, 0.25) is 5.02 Å². The molecule has 0 heterocycles. The summed E-state index contributed by atoms with van der Waals surface area (Å²) >= 11 is 6.02. The van der Waals surface area contributed by atoms with Crippen molar-refractivity contribution in [2.75, 3.05) is 20.3 Å². The third-order valence-electron chi connectivity index (χ3n) is 1.70. The molecule has 0 atom stereocenters. The lowest BCUT2D eigenvalue weighted by Gasteiger charge is -2.08. The normalized spacial score (nSPS) is 9.86. The van der Waals surface area contributed by atoms with Crippen LogP contribution in [0.3, 0.4) is 0 Å². The fraction of sp³-hybridized carbons (Fsp3) is 0.273. The second kappa shape index (κ2) is 5.68. The van der Waals surface area contributed by atoms with Gasteiger partial charge in [0.25, 0.3) is 0 Å². The SMILES string of the molecule is C=[C]c1cccc(OCCOC)c1Cl. The van der Waals surface area contributed by atoms with E-state index in [9.17, 15) is 0 Å². The van der Waals surface area contributed by atoms with Crippen LogP contribution in [0.15, 0.2) is 24.8 Å². The van der Waals surface area contributed by atoms with Crippen molar-refractivity contribution in [2.45, 2.75) is 0 Å². The van der Waals surface area contributed by atoms with Crippen molar-refractivity contribution in [1.82, 2.24) is 0 Å². The Balaban J connectivity index is 2.71. The van der Waals surface area contributed by atoms with Gasteiger partial charge in [0, 0.05) is 12.7 Å². The van der Waals surface area contributed by atoms with E-state index < -0.39 is 0 Å². The zero-order valence-electron chi connectivity index (χ0n) is 8.05. The number of hydrogen-bond donors (Lipinski definition) is 0. The van der Waals surface area contributed by atoms with E-state index in [0.717, 1.165) is 5.56 Å². The molecule has 3 heteroatoms. The summed E-state index contributed by atoms with van der Waals surface area (Å²) in [5.74, 6) is 0.636. The summed E-state index contributed by atoms with van der Waals surface area (Å²) in [6.45, 7) is 4.56. The van der Waals surface area contributed by atoms with Gasteiger partial charge in [0.15, 0.2) is 0 Å². The van der Waals surface area contributed by atoms with Crippen molar-refractivity contribution in [3.05, 3.63) is 41.4 Å². The second-order valence-electron chi connectivity index (χ2n) is 2.64. The number of methoxy groups -OCH3 is 1. The van der Waals surface area contributed by atoms with Crippen molar-refractivity contribution in [2.24, 2.45) is 0 Å². The van der Waals surface area contributed by atoms with Gasteiger partial charge in [-0.05, 0) is 12.1 Å². The first-order valence-electron chi connectivity index (χ1n) is 4.23. The highest BCUT2D eigenvalue weighted by Gasteiger charge is 2.04. The topological polar surface area (TPSA) is 18.5 Å². The summed E-state index contributed by atoms with van der Waals surface area (Å²) in [7, 11) is 1.62. The minimum absolute atomic E-state index is 0.483. The zero-order valence-corrected chi connectivity index (χ0v) is 8.80. The minimum atomic E-state index is 0.483. The number of ether oxygens (including phenoxy) is 2. The van der Waals surface area contributed by atoms with Crippen molar-refractivity contribution >= 4 is 11.6 Å². The molecule has 0 aliphatic rings. The van der Waals surface area contributed by atoms with Gasteiger partial charge in [-0.1, -0.05) is 30.3 Å². The number of halogens is 1. The van der Waals surface area contributed by atoms with Crippen LogP contribution >= 0.6 is 11.6 Å². The van der Waals surface area contributed by atoms with Crippen LogP contribution < -0.4 is 4.74 Å². The highest BCUT2D eigenvalue weighted by Crippen LogP contribution is 2.27. The van der Waals surface area contributed by atoms with Gasteiger partial charge >= 0.3 is 0 Å². The van der Waals surface area contributed by atoms with Crippen LogP contribution in [0, 0.1) is 6.08 Å². The van der Waals surface area contributed by atoms with Gasteiger partial charge in [-0.25, -0.2) is 0 Å². The van der Waals surface area contributed by atoms with Crippen LogP contribution in [-0.4, -0.2) is 20.3 Å². The van der Waals surface area contributed by atoms with Crippen molar-refractivity contribution in [3.8, 4) is 5.75 Å². The van der Waals surface area contributed by atoms with Crippen LogP contribution in [0.5, 0.6) is 5.75 Å². The predicted octanol–water partition coefficient (Wildman–Crippen LogP) is 2.70. The Hall–Kier alpha value is -0.990. The zero-order chi connectivity index (χ0) is 10.4. The fourth-order valence-corrected chi connectivity index (χ4v) is 1.24. The molecular weight excluding hydrogens is 200 g/mol. The largest absolute Gasteiger partial charge is 0.490 e. The van der Waals surface area contributed by atoms with Gasteiger partial charge in [-0.2, -0.15) is 0 Å². The molecule has 0 fully saturated rings. The molecule has 75 valence electrons. The van der Waals surface area contributed by atoms with Crippen LogP contribution in [0.25, 0.3) is 0 Å². The third kappa shape index (κ3) is 2.76. The first-order chi connectivity index (χ1) is 6.79. The van der Waals surface area contributed by atoms with E-state index in [4.69, 9.17) is 21.1 Å². The van der Waals surface area contributed by atoms with Gasteiger partial charge in [-0.3, -0.25) is 0 Å². The quantitative estimate of drug-likeness (QED) is 0.698. The molecule has 1 aromatic rings. The molecule has 1 aromatic carbocycles. The molecular formula is C11H12ClO2. The lowest BCUT2D eigenvalue weighted by molar-refractivity contribution is 0.146. The minimum Gasteiger partial charge on any atom is -0.490 e. The predicted molar refractivity (Wildman–Crippen MR) is 56.8 cm³/mol. The van der Waals surface area contributed by atoms with Crippen LogP contribution in [-0.2, 0) is 4.74 Å². The highest BCUT2D eigenvalue weighted by molar-refractivity contribution is 6.33. The molecule has 0 amide bonds. The van der Waals surface area contributed by atoms with E-state index in [-0.39, 0.29) is 0 Å². The average molecular weight is 212 g/mol. The van der Waals surface area contributed by atoms with Gasteiger partial charge in [-0.15, -0.1) is 0 Å². The Morgan fingerprint density at radius 3 is 2.86 bits per heavy atom. The number of rotatable bonds is 5. The summed E-state index contributed by atoms with van der Waals surface area (Å²) in [5.41, 5.74) is 0.751. The van der Waals surface area contributed by atoms with Crippen molar-refractivity contribution in [1.29, 1.82) is 0 Å². The van der Waals surface area contributed by atoms with E-state index in [0.29, 0.717) is 24.0 Å². The summed E-state index contributed by atoms with van der Waals surface area (Å²) in [4.78, 5) is 0. The monoisotopic (exact) mass is 211 g/mol. The maximum absolute atomic E-state index is 6.02. The Labute approximate surface area is 89.1 Å². The molecule has 14 heavy (non-hydrogen) atoms. The fourth-order valence-electron chi connectivity index (χ4n) is 0.994. The number of benzene rings is 1. The average Bonchev–Trinajstić information content (AvgIpc) is 2.21. The van der Waals surface area contributed by atoms with Crippen molar-refractivity contribution < 1.29 is 9.47 Å². The highest BCUT2D eigenvalue weighted by atomic mass is 35.5. The summed E-state index contributed by atoms with van der Waals surface area (Å²) in [6.07, 6.45) is 2.73. The number of hydrogen-bond acceptors (Lipinski definition) is 2. The summed E-state index contributed by atoms with van der Waals surface area (Å²) < 4.78 is 10.3. The van der Waals surface area contributed by atoms with Gasteiger partial charge in [0.2, 0.25) is 0 Å². The molecule has 1 radical (unpaired) electrons. The molecule has 0 unspecified atom stereocenters. The van der Waals surface area contributed by atoms with E-state index in [1.165, 1.54) is 0 Å².